The van der Waals surface area contributed by atoms with Crippen molar-refractivity contribution in [3.63, 3.8) is 0 Å². The summed E-state index contributed by atoms with van der Waals surface area (Å²) in [5.41, 5.74) is 6.83. The van der Waals surface area contributed by atoms with Crippen molar-refractivity contribution < 1.29 is 4.74 Å². The van der Waals surface area contributed by atoms with E-state index in [0.717, 1.165) is 65.5 Å². The SMILES string of the molecule is CC1=C(C#N)C(c2ccc3[nH]nc(NCc4ccc(N5CCOCC5)cc4)c3c2)C(C#N)=C(C)N1. The Morgan fingerprint density at radius 1 is 1.03 bits per heavy atom. The molecule has 0 bridgehead atoms. The highest BCUT2D eigenvalue weighted by atomic mass is 16.5. The number of nitriles is 2. The van der Waals surface area contributed by atoms with Crippen LogP contribution in [0.2, 0.25) is 0 Å². The third-order valence-corrected chi connectivity index (χ3v) is 6.69. The summed E-state index contributed by atoms with van der Waals surface area (Å²) in [6.45, 7) is 7.75. The van der Waals surface area contributed by atoms with Gasteiger partial charge in [0.25, 0.3) is 0 Å². The lowest BCUT2D eigenvalue weighted by Crippen LogP contribution is -2.36. The van der Waals surface area contributed by atoms with Crippen molar-refractivity contribution in [2.75, 3.05) is 36.5 Å². The number of ether oxygens (including phenoxy) is 1. The van der Waals surface area contributed by atoms with Crippen LogP contribution >= 0.6 is 0 Å². The fourth-order valence-electron chi connectivity index (χ4n) is 4.80. The van der Waals surface area contributed by atoms with Gasteiger partial charge in [-0.25, -0.2) is 0 Å². The van der Waals surface area contributed by atoms with E-state index >= 15 is 0 Å². The third-order valence-electron chi connectivity index (χ3n) is 6.69. The van der Waals surface area contributed by atoms with E-state index in [1.54, 1.807) is 0 Å². The molecular formula is C27H27N7O. The molecule has 0 amide bonds. The topological polar surface area (TPSA) is 113 Å². The predicted octanol–water partition coefficient (Wildman–Crippen LogP) is 4.29. The summed E-state index contributed by atoms with van der Waals surface area (Å²) in [6, 6.07) is 19.1. The Morgan fingerprint density at radius 2 is 1.71 bits per heavy atom. The van der Waals surface area contributed by atoms with Gasteiger partial charge in [0, 0.05) is 42.1 Å². The summed E-state index contributed by atoms with van der Waals surface area (Å²) >= 11 is 0. The Labute approximate surface area is 204 Å². The number of dihydropyridines is 1. The number of benzene rings is 2. The van der Waals surface area contributed by atoms with Crippen LogP contribution in [0.15, 0.2) is 65.0 Å². The molecule has 3 aromatic rings. The van der Waals surface area contributed by atoms with Gasteiger partial charge in [-0.2, -0.15) is 15.6 Å². The van der Waals surface area contributed by atoms with Crippen molar-refractivity contribution in [2.24, 2.45) is 0 Å². The fourth-order valence-corrected chi connectivity index (χ4v) is 4.80. The molecule has 1 saturated heterocycles. The highest BCUT2D eigenvalue weighted by Crippen LogP contribution is 2.38. The Kier molecular flexibility index (Phi) is 6.13. The molecule has 1 aromatic heterocycles. The molecule has 3 heterocycles. The molecule has 3 N–H and O–H groups in total. The molecule has 5 rings (SSSR count). The average molecular weight is 466 g/mol. The molecule has 2 aliphatic heterocycles. The zero-order valence-electron chi connectivity index (χ0n) is 19.9. The second kappa shape index (κ2) is 9.54. The van der Waals surface area contributed by atoms with E-state index in [-0.39, 0.29) is 0 Å². The Bertz CT molecular complexity index is 1360. The number of hydrogen-bond donors (Lipinski definition) is 3. The van der Waals surface area contributed by atoms with E-state index < -0.39 is 5.92 Å². The molecule has 0 saturated carbocycles. The minimum absolute atomic E-state index is 0.397. The maximum atomic E-state index is 9.81. The van der Waals surface area contributed by atoms with Crippen molar-refractivity contribution >= 4 is 22.4 Å². The van der Waals surface area contributed by atoms with E-state index in [0.29, 0.717) is 17.7 Å². The fraction of sp³-hybridized carbons (Fsp3) is 0.296. The van der Waals surface area contributed by atoms with Crippen LogP contribution in [0.5, 0.6) is 0 Å². The molecule has 1 fully saturated rings. The van der Waals surface area contributed by atoms with Crippen LogP contribution in [0, 0.1) is 22.7 Å². The molecule has 0 aliphatic carbocycles. The van der Waals surface area contributed by atoms with Gasteiger partial charge in [-0.1, -0.05) is 18.2 Å². The molecule has 8 heteroatoms. The largest absolute Gasteiger partial charge is 0.378 e. The summed E-state index contributed by atoms with van der Waals surface area (Å²) in [5, 5.41) is 34.7. The quantitative estimate of drug-likeness (QED) is 0.515. The summed E-state index contributed by atoms with van der Waals surface area (Å²) in [4.78, 5) is 2.33. The van der Waals surface area contributed by atoms with Gasteiger partial charge in [0.15, 0.2) is 5.82 Å². The number of nitrogens with zero attached hydrogens (tertiary/aromatic N) is 4. The molecule has 0 spiro atoms. The molecule has 176 valence electrons. The third kappa shape index (κ3) is 4.32. The minimum atomic E-state index is -0.397. The van der Waals surface area contributed by atoms with Gasteiger partial charge in [0.2, 0.25) is 0 Å². The number of H-pyrrole nitrogens is 1. The first kappa shape index (κ1) is 22.5. The van der Waals surface area contributed by atoms with Crippen LogP contribution < -0.4 is 15.5 Å². The molecular weight excluding hydrogens is 438 g/mol. The number of fused-ring (bicyclic) bond motifs is 1. The second-order valence-electron chi connectivity index (χ2n) is 8.86. The number of hydrogen-bond acceptors (Lipinski definition) is 7. The van der Waals surface area contributed by atoms with E-state index in [4.69, 9.17) is 4.74 Å². The first-order valence-corrected chi connectivity index (χ1v) is 11.7. The van der Waals surface area contributed by atoms with Gasteiger partial charge < -0.3 is 20.3 Å². The van der Waals surface area contributed by atoms with E-state index in [1.807, 2.05) is 32.0 Å². The second-order valence-corrected chi connectivity index (χ2v) is 8.86. The van der Waals surface area contributed by atoms with Crippen LogP contribution in [-0.4, -0.2) is 36.5 Å². The van der Waals surface area contributed by atoms with Crippen molar-refractivity contribution in [3.8, 4) is 12.1 Å². The zero-order chi connectivity index (χ0) is 24.4. The number of aromatic nitrogens is 2. The molecule has 35 heavy (non-hydrogen) atoms. The van der Waals surface area contributed by atoms with Crippen molar-refractivity contribution in [1.82, 2.24) is 15.5 Å². The molecule has 2 aromatic carbocycles. The maximum Gasteiger partial charge on any atom is 0.156 e. The smallest absolute Gasteiger partial charge is 0.156 e. The van der Waals surface area contributed by atoms with Crippen LogP contribution in [0.4, 0.5) is 11.5 Å². The van der Waals surface area contributed by atoms with Crippen LogP contribution in [0.3, 0.4) is 0 Å². The van der Waals surface area contributed by atoms with E-state index in [9.17, 15) is 10.5 Å². The minimum Gasteiger partial charge on any atom is -0.378 e. The summed E-state index contributed by atoms with van der Waals surface area (Å²) < 4.78 is 5.44. The number of allylic oxidation sites excluding steroid dienone is 4. The lowest BCUT2D eigenvalue weighted by molar-refractivity contribution is 0.122. The number of morpholine rings is 1. The first-order valence-electron chi connectivity index (χ1n) is 11.7. The van der Waals surface area contributed by atoms with Gasteiger partial charge >= 0.3 is 0 Å². The van der Waals surface area contributed by atoms with Gasteiger partial charge in [0.1, 0.15) is 0 Å². The molecule has 0 radical (unpaired) electrons. The summed E-state index contributed by atoms with van der Waals surface area (Å²) in [6.07, 6.45) is 0. The summed E-state index contributed by atoms with van der Waals surface area (Å²) in [5.74, 6) is 0.345. The molecule has 8 nitrogen and oxygen atoms in total. The van der Waals surface area contributed by atoms with E-state index in [1.165, 1.54) is 5.69 Å². The van der Waals surface area contributed by atoms with Crippen molar-refractivity contribution in [3.05, 3.63) is 76.1 Å². The molecule has 2 aliphatic rings. The number of rotatable bonds is 5. The van der Waals surface area contributed by atoms with Crippen LogP contribution in [0.25, 0.3) is 10.9 Å². The Balaban J connectivity index is 1.38. The highest BCUT2D eigenvalue weighted by Gasteiger charge is 2.29. The Hall–Kier alpha value is -4.27. The van der Waals surface area contributed by atoms with Crippen molar-refractivity contribution in [1.29, 1.82) is 10.5 Å². The average Bonchev–Trinajstić information content (AvgIpc) is 3.30. The lowest BCUT2D eigenvalue weighted by Gasteiger charge is -2.28. The lowest BCUT2D eigenvalue weighted by atomic mass is 9.81. The van der Waals surface area contributed by atoms with Gasteiger partial charge in [-0.05, 0) is 49.2 Å². The monoisotopic (exact) mass is 465 g/mol. The molecule has 0 unspecified atom stereocenters. The van der Waals surface area contributed by atoms with Gasteiger partial charge in [0.05, 0.1) is 47.9 Å². The maximum absolute atomic E-state index is 9.81. The zero-order valence-corrected chi connectivity index (χ0v) is 19.9. The summed E-state index contributed by atoms with van der Waals surface area (Å²) in [7, 11) is 0. The highest BCUT2D eigenvalue weighted by molar-refractivity contribution is 5.90. The predicted molar refractivity (Wildman–Crippen MR) is 135 cm³/mol. The van der Waals surface area contributed by atoms with Gasteiger partial charge in [-0.15, -0.1) is 0 Å². The van der Waals surface area contributed by atoms with E-state index in [2.05, 4.69) is 62.1 Å². The number of aromatic amines is 1. The van der Waals surface area contributed by atoms with Crippen LogP contribution in [-0.2, 0) is 11.3 Å². The van der Waals surface area contributed by atoms with Crippen molar-refractivity contribution in [2.45, 2.75) is 26.3 Å². The number of nitrogens with one attached hydrogen (secondary N) is 3. The normalized spacial score (nSPS) is 16.7. The van der Waals surface area contributed by atoms with Crippen LogP contribution in [0.1, 0.15) is 30.9 Å². The Morgan fingerprint density at radius 3 is 2.37 bits per heavy atom. The standard InChI is InChI=1S/C27H27N7O/c1-17-23(14-28)26(24(15-29)18(2)31-17)20-5-8-25-22(13-20)27(33-32-25)30-16-19-3-6-21(7-4-19)34-9-11-35-12-10-34/h3-8,13,26,31H,9-12,16H2,1-2H3,(H2,30,32,33). The first-order chi connectivity index (χ1) is 17.1. The number of anilines is 2. The van der Waals surface area contributed by atoms with Gasteiger partial charge in [-0.3, -0.25) is 5.10 Å². The molecule has 0 atom stereocenters.